The molecule has 0 aliphatic rings. The van der Waals surface area contributed by atoms with Gasteiger partial charge in [-0.1, -0.05) is 92.2 Å². The summed E-state index contributed by atoms with van der Waals surface area (Å²) in [6.45, 7) is 13.6. The van der Waals surface area contributed by atoms with Crippen LogP contribution in [-0.2, 0) is 38.5 Å². The van der Waals surface area contributed by atoms with Crippen molar-refractivity contribution in [3.8, 4) is 0 Å². The molecular weight excluding hydrogens is 488 g/mol. The van der Waals surface area contributed by atoms with Crippen LogP contribution >= 0.6 is 0 Å². The number of primary amides is 1. The molecular formula is C37H60N2O. The molecule has 224 valence electrons. The van der Waals surface area contributed by atoms with Gasteiger partial charge in [-0.25, -0.2) is 4.79 Å². The molecule has 0 spiro atoms. The first-order chi connectivity index (χ1) is 19.5. The molecule has 0 radical (unpaired) electrons. The Bertz CT molecular complexity index is 950. The fraction of sp³-hybridized carbons (Fsp3) is 0.649. The SMILES string of the molecule is CCCCc1ccc(N(C(N)=O)c2ccc(CCCC)c(CCCC)c2CCCC)c(CCCC)c1CCCC. The molecule has 0 aromatic heterocycles. The summed E-state index contributed by atoms with van der Waals surface area (Å²) in [5.74, 6) is 0. The van der Waals surface area contributed by atoms with Crippen LogP contribution in [0.2, 0.25) is 0 Å². The van der Waals surface area contributed by atoms with Gasteiger partial charge in [-0.2, -0.15) is 0 Å². The van der Waals surface area contributed by atoms with Crippen LogP contribution in [0.4, 0.5) is 16.2 Å². The molecule has 0 saturated heterocycles. The Morgan fingerprint density at radius 3 is 1.10 bits per heavy atom. The van der Waals surface area contributed by atoms with Crippen molar-refractivity contribution in [1.82, 2.24) is 0 Å². The molecule has 0 atom stereocenters. The first kappa shape index (κ1) is 33.9. The lowest BCUT2D eigenvalue weighted by atomic mass is 9.87. The average molecular weight is 549 g/mol. The number of nitrogens with two attached hydrogens (primary N) is 1. The summed E-state index contributed by atoms with van der Waals surface area (Å²) in [6, 6.07) is 8.69. The van der Waals surface area contributed by atoms with E-state index in [1.807, 2.05) is 4.90 Å². The molecule has 0 aliphatic heterocycles. The van der Waals surface area contributed by atoms with Gasteiger partial charge in [-0.3, -0.25) is 4.90 Å². The second kappa shape index (κ2) is 18.9. The summed E-state index contributed by atoms with van der Waals surface area (Å²) >= 11 is 0. The third-order valence-corrected chi connectivity index (χ3v) is 8.43. The molecule has 3 nitrogen and oxygen atoms in total. The third kappa shape index (κ3) is 9.38. The van der Waals surface area contributed by atoms with Gasteiger partial charge in [0, 0.05) is 0 Å². The Balaban J connectivity index is 2.84. The second-order valence-electron chi connectivity index (χ2n) is 11.7. The first-order valence-electron chi connectivity index (χ1n) is 16.8. The second-order valence-corrected chi connectivity index (χ2v) is 11.7. The van der Waals surface area contributed by atoms with Gasteiger partial charge >= 0.3 is 6.03 Å². The van der Waals surface area contributed by atoms with E-state index in [1.54, 1.807) is 0 Å². The topological polar surface area (TPSA) is 46.3 Å². The lowest BCUT2D eigenvalue weighted by Gasteiger charge is -2.30. The predicted octanol–water partition coefficient (Wildman–Crippen LogP) is 11.0. The zero-order valence-electron chi connectivity index (χ0n) is 27.0. The van der Waals surface area contributed by atoms with Crippen LogP contribution in [0, 0.1) is 0 Å². The quantitative estimate of drug-likeness (QED) is 0.176. The predicted molar refractivity (Wildman–Crippen MR) is 176 cm³/mol. The standard InChI is InChI=1S/C37H60N2O/c1-7-13-19-29-25-27-35(33(23-17-11-5)31(29)21-15-9-3)39(37(38)40)36-28-26-30(20-14-8-2)32(22-16-10-4)34(36)24-18-12-6/h25-28H,7-24H2,1-6H3,(H2,38,40). The summed E-state index contributed by atoms with van der Waals surface area (Å²) < 4.78 is 0. The van der Waals surface area contributed by atoms with Crippen LogP contribution in [0.25, 0.3) is 0 Å². The largest absolute Gasteiger partial charge is 0.351 e. The molecule has 0 heterocycles. The highest BCUT2D eigenvalue weighted by Gasteiger charge is 2.26. The summed E-state index contributed by atoms with van der Waals surface area (Å²) in [6.07, 6.45) is 20.4. The molecule has 0 saturated carbocycles. The number of carbonyl (C=O) groups excluding carboxylic acids is 1. The number of amides is 2. The highest BCUT2D eigenvalue weighted by Crippen LogP contribution is 2.39. The van der Waals surface area contributed by atoms with Crippen molar-refractivity contribution in [3.63, 3.8) is 0 Å². The van der Waals surface area contributed by atoms with Crippen LogP contribution in [0.1, 0.15) is 152 Å². The molecule has 0 unspecified atom stereocenters. The minimum absolute atomic E-state index is 0.360. The summed E-state index contributed by atoms with van der Waals surface area (Å²) in [7, 11) is 0. The lowest BCUT2D eigenvalue weighted by Crippen LogP contribution is -2.33. The maximum Gasteiger partial charge on any atom is 0.323 e. The van der Waals surface area contributed by atoms with Crippen LogP contribution in [0.3, 0.4) is 0 Å². The minimum atomic E-state index is -0.360. The normalized spacial score (nSPS) is 11.2. The third-order valence-electron chi connectivity index (χ3n) is 8.43. The molecule has 2 rings (SSSR count). The number of anilines is 2. The number of aryl methyl sites for hydroxylation is 2. The van der Waals surface area contributed by atoms with Crippen LogP contribution < -0.4 is 10.6 Å². The van der Waals surface area contributed by atoms with Gasteiger partial charge in [0.1, 0.15) is 0 Å². The summed E-state index contributed by atoms with van der Waals surface area (Å²) in [4.78, 5) is 15.4. The fourth-order valence-electron chi connectivity index (χ4n) is 6.04. The monoisotopic (exact) mass is 548 g/mol. The molecule has 0 bridgehead atoms. The number of nitrogens with zero attached hydrogens (tertiary/aromatic N) is 1. The van der Waals surface area contributed by atoms with Crippen molar-refractivity contribution in [2.24, 2.45) is 5.73 Å². The van der Waals surface area contributed by atoms with E-state index in [9.17, 15) is 4.79 Å². The molecule has 2 aromatic rings. The van der Waals surface area contributed by atoms with E-state index in [0.29, 0.717) is 0 Å². The zero-order valence-corrected chi connectivity index (χ0v) is 27.0. The van der Waals surface area contributed by atoms with E-state index in [1.165, 1.54) is 84.7 Å². The molecule has 3 heteroatoms. The zero-order chi connectivity index (χ0) is 29.3. The highest BCUT2D eigenvalue weighted by molar-refractivity contribution is 6.00. The lowest BCUT2D eigenvalue weighted by molar-refractivity contribution is 0.256. The van der Waals surface area contributed by atoms with E-state index in [4.69, 9.17) is 5.73 Å². The van der Waals surface area contributed by atoms with Crippen molar-refractivity contribution in [1.29, 1.82) is 0 Å². The molecule has 0 fully saturated rings. The Morgan fingerprint density at radius 1 is 0.500 bits per heavy atom. The van der Waals surface area contributed by atoms with Crippen LogP contribution in [0.15, 0.2) is 24.3 Å². The van der Waals surface area contributed by atoms with Crippen molar-refractivity contribution < 1.29 is 4.79 Å². The average Bonchev–Trinajstić information content (AvgIpc) is 2.95. The highest BCUT2D eigenvalue weighted by atomic mass is 16.2. The van der Waals surface area contributed by atoms with E-state index >= 15 is 0 Å². The Morgan fingerprint density at radius 2 is 0.800 bits per heavy atom. The van der Waals surface area contributed by atoms with E-state index < -0.39 is 0 Å². The van der Waals surface area contributed by atoms with E-state index in [2.05, 4.69) is 65.8 Å². The number of hydrogen-bond acceptors (Lipinski definition) is 1. The smallest absolute Gasteiger partial charge is 0.323 e. The van der Waals surface area contributed by atoms with E-state index in [0.717, 1.165) is 75.6 Å². The number of unbranched alkanes of at least 4 members (excludes halogenated alkanes) is 6. The Labute approximate surface area is 247 Å². The van der Waals surface area contributed by atoms with Crippen molar-refractivity contribution >= 4 is 17.4 Å². The number of hydrogen-bond donors (Lipinski definition) is 1. The van der Waals surface area contributed by atoms with Gasteiger partial charge in [0.2, 0.25) is 0 Å². The van der Waals surface area contributed by atoms with Gasteiger partial charge in [-0.05, 0) is 123 Å². The van der Waals surface area contributed by atoms with Gasteiger partial charge in [-0.15, -0.1) is 0 Å². The molecule has 2 amide bonds. The number of carbonyl (C=O) groups is 1. The number of urea groups is 1. The van der Waals surface area contributed by atoms with Gasteiger partial charge in [0.15, 0.2) is 0 Å². The molecule has 2 aromatic carbocycles. The van der Waals surface area contributed by atoms with E-state index in [-0.39, 0.29) is 6.03 Å². The Kier molecular flexibility index (Phi) is 16.1. The van der Waals surface area contributed by atoms with Gasteiger partial charge < -0.3 is 5.73 Å². The first-order valence-corrected chi connectivity index (χ1v) is 16.8. The Hall–Kier alpha value is -2.29. The molecule has 0 aliphatic carbocycles. The fourth-order valence-corrected chi connectivity index (χ4v) is 6.04. The maximum atomic E-state index is 13.5. The van der Waals surface area contributed by atoms with Crippen molar-refractivity contribution in [2.45, 2.75) is 157 Å². The van der Waals surface area contributed by atoms with Gasteiger partial charge in [0.05, 0.1) is 11.4 Å². The van der Waals surface area contributed by atoms with Gasteiger partial charge in [0.25, 0.3) is 0 Å². The minimum Gasteiger partial charge on any atom is -0.351 e. The number of benzene rings is 2. The molecule has 2 N–H and O–H groups in total. The van der Waals surface area contributed by atoms with Crippen LogP contribution in [0.5, 0.6) is 0 Å². The molecule has 40 heavy (non-hydrogen) atoms. The maximum absolute atomic E-state index is 13.5. The van der Waals surface area contributed by atoms with Crippen LogP contribution in [-0.4, -0.2) is 6.03 Å². The van der Waals surface area contributed by atoms with Crippen molar-refractivity contribution in [2.75, 3.05) is 4.90 Å². The summed E-state index contributed by atoms with van der Waals surface area (Å²) in [5.41, 5.74) is 17.0. The summed E-state index contributed by atoms with van der Waals surface area (Å²) in [5, 5.41) is 0. The van der Waals surface area contributed by atoms with Crippen molar-refractivity contribution in [3.05, 3.63) is 57.6 Å². The number of rotatable bonds is 20.